The van der Waals surface area contributed by atoms with Gasteiger partial charge in [0, 0.05) is 12.3 Å². The first-order chi connectivity index (χ1) is 13.1. The molecular weight excluding hydrogens is 467 g/mol. The Kier molecular flexibility index (Phi) is 7.45. The van der Waals surface area contributed by atoms with Crippen molar-refractivity contribution in [1.29, 1.82) is 0 Å². The third-order valence-electron chi connectivity index (χ3n) is 3.33. The Morgan fingerprint density at radius 2 is 1.90 bits per heavy atom. The summed E-state index contributed by atoms with van der Waals surface area (Å²) in [6.45, 7) is -0.954. The van der Waals surface area contributed by atoms with Gasteiger partial charge in [0.15, 0.2) is 28.5 Å². The third-order valence-corrected chi connectivity index (χ3v) is 7.53. The van der Waals surface area contributed by atoms with Crippen LogP contribution in [0.15, 0.2) is 21.9 Å². The van der Waals surface area contributed by atoms with Gasteiger partial charge in [0.2, 0.25) is 0 Å². The van der Waals surface area contributed by atoms with Crippen molar-refractivity contribution in [2.24, 2.45) is 0 Å². The number of rotatable bonds is 8. The van der Waals surface area contributed by atoms with Gasteiger partial charge in [0.1, 0.15) is 12.2 Å². The minimum atomic E-state index is -5.87. The van der Waals surface area contributed by atoms with Crippen LogP contribution in [0.25, 0.3) is 0 Å². The summed E-state index contributed by atoms with van der Waals surface area (Å²) in [5.41, 5.74) is -1.84. The predicted octanol–water partition coefficient (Wildman–Crippen LogP) is -6.33. The van der Waals surface area contributed by atoms with E-state index in [4.69, 9.17) is 14.5 Å². The normalized spacial score (nSPS) is 26.1. The summed E-state index contributed by atoms with van der Waals surface area (Å²) in [6, 6.07) is 0.882. The lowest BCUT2D eigenvalue weighted by Gasteiger charge is -2.42. The Morgan fingerprint density at radius 3 is 2.41 bits per heavy atom. The van der Waals surface area contributed by atoms with E-state index in [0.717, 1.165) is 17.1 Å². The second-order valence-electron chi connectivity index (χ2n) is 5.49. The van der Waals surface area contributed by atoms with Gasteiger partial charge in [-0.05, 0) is 4.86 Å². The van der Waals surface area contributed by atoms with E-state index in [2.05, 4.69) is 8.83 Å². The molecule has 1 aromatic heterocycles. The van der Waals surface area contributed by atoms with Gasteiger partial charge < -0.3 is 44.3 Å². The van der Waals surface area contributed by atoms with E-state index in [1.807, 2.05) is 4.98 Å². The Labute approximate surface area is 161 Å². The monoisotopic (exact) mass is 481 g/mol. The molecule has 4 atom stereocenters. The van der Waals surface area contributed by atoms with Crippen LogP contribution in [0.4, 0.5) is 0 Å². The Hall–Kier alpha value is -0.710. The first kappa shape index (κ1) is 24.6. The molecule has 0 spiro atoms. The van der Waals surface area contributed by atoms with Gasteiger partial charge in [-0.2, -0.15) is 0 Å². The first-order valence-corrected chi connectivity index (χ1v) is 11.9. The van der Waals surface area contributed by atoms with Gasteiger partial charge in [0.05, 0.1) is 6.61 Å². The number of hydrogen-bond acceptors (Lipinski definition) is 13. The van der Waals surface area contributed by atoms with Gasteiger partial charge in [-0.1, -0.05) is 0 Å². The van der Waals surface area contributed by atoms with Crippen molar-refractivity contribution in [3.63, 3.8) is 0 Å². The van der Waals surface area contributed by atoms with Crippen LogP contribution in [-0.2, 0) is 18.1 Å². The second kappa shape index (κ2) is 8.80. The fraction of sp³-hybridized carbons (Fsp3) is 0.556. The van der Waals surface area contributed by atoms with E-state index in [1.54, 1.807) is 0 Å². The average Bonchev–Trinajstić information content (AvgIpc) is 2.79. The summed E-state index contributed by atoms with van der Waals surface area (Å²) in [6.07, 6.45) is -6.28. The van der Waals surface area contributed by atoms with Crippen molar-refractivity contribution < 1.29 is 57.7 Å². The molecule has 1 aliphatic heterocycles. The van der Waals surface area contributed by atoms with Gasteiger partial charge in [-0.15, -0.1) is 4.31 Å². The molecule has 20 heteroatoms. The molecule has 1 aliphatic rings. The largest absolute Gasteiger partial charge is 0.642 e. The second-order valence-corrected chi connectivity index (χ2v) is 10.1. The Bertz CT molecular complexity index is 881. The summed E-state index contributed by atoms with van der Waals surface area (Å²) in [5, 5.41) is 19.5. The molecule has 0 unspecified atom stereocenters. The van der Waals surface area contributed by atoms with E-state index < -0.39 is 66.4 Å². The number of nitrogens with zero attached hydrogens (tertiary/aromatic N) is 1. The Morgan fingerprint density at radius 1 is 1.28 bits per heavy atom. The molecule has 17 nitrogen and oxygen atoms in total. The third kappa shape index (κ3) is 6.63. The molecule has 1 fully saturated rings. The van der Waals surface area contributed by atoms with Crippen molar-refractivity contribution >= 4 is 24.0 Å². The standard InChI is InChI=1S/C9H16N3O14P3/c13-3-4-7(25-27(17,18)11-28(19,20)26-29(21,22)23)6(15)8(24-4)12-2-1-5(14)10-9(12)16/h1-2,4,6-8,13,15H,3H2,(H,10,14,16)(H2,21,22,23)(H3,11,17,18,19,20)/p-2/t4-,6-,7-,8-/m1/s1. The van der Waals surface area contributed by atoms with Crippen LogP contribution in [0.5, 0.6) is 0 Å². The molecule has 0 radical (unpaired) electrons. The number of nitrogens with one attached hydrogen (secondary N) is 2. The van der Waals surface area contributed by atoms with Crippen molar-refractivity contribution in [3.8, 4) is 0 Å². The van der Waals surface area contributed by atoms with Crippen LogP contribution in [0.1, 0.15) is 6.23 Å². The van der Waals surface area contributed by atoms with Gasteiger partial charge in [-0.25, -0.2) is 13.9 Å². The maximum atomic E-state index is 11.9. The maximum Gasteiger partial charge on any atom is 0.504 e. The SMILES string of the molecule is O=c1ccn([C@@H]2O[C@H](CO)[C@@H](O[P+]([O-])([O-])N[P+]([O-])([O-])OP(=O)(O)O)[C@H]2O)c(=O)[nH]1. The minimum Gasteiger partial charge on any atom is -0.642 e. The van der Waals surface area contributed by atoms with Gasteiger partial charge >= 0.3 is 13.5 Å². The molecule has 0 amide bonds. The number of aliphatic hydroxyl groups excluding tert-OH is 2. The molecule has 0 saturated carbocycles. The molecular formula is C9H14N3O14P3-2. The fourth-order valence-electron chi connectivity index (χ4n) is 2.35. The predicted molar refractivity (Wildman–Crippen MR) is 83.3 cm³/mol. The van der Waals surface area contributed by atoms with Crippen LogP contribution < -0.4 is 35.7 Å². The molecule has 1 aromatic rings. The number of ether oxygens (including phenoxy) is 1. The molecule has 1 saturated heterocycles. The zero-order valence-corrected chi connectivity index (χ0v) is 16.5. The van der Waals surface area contributed by atoms with Crippen LogP contribution >= 0.6 is 24.0 Å². The number of aromatic amines is 1. The summed E-state index contributed by atoms with van der Waals surface area (Å²) < 4.78 is 24.1. The van der Waals surface area contributed by atoms with Crippen molar-refractivity contribution in [2.45, 2.75) is 24.5 Å². The zero-order chi connectivity index (χ0) is 22.2. The molecule has 0 bridgehead atoms. The number of H-pyrrole nitrogens is 1. The molecule has 0 aliphatic carbocycles. The van der Waals surface area contributed by atoms with Gasteiger partial charge in [0.25, 0.3) is 5.56 Å². The number of aliphatic hydroxyl groups is 2. The average molecular weight is 481 g/mol. The fourth-order valence-corrected chi connectivity index (χ4v) is 5.91. The van der Waals surface area contributed by atoms with Gasteiger partial charge in [-0.3, -0.25) is 14.3 Å². The lowest BCUT2D eigenvalue weighted by molar-refractivity contribution is -0.356. The van der Waals surface area contributed by atoms with E-state index in [-0.39, 0.29) is 0 Å². The molecule has 0 aromatic carbocycles. The molecule has 2 heterocycles. The molecule has 6 N–H and O–H groups in total. The lowest BCUT2D eigenvalue weighted by Crippen LogP contribution is -2.48. The molecule has 29 heavy (non-hydrogen) atoms. The van der Waals surface area contributed by atoms with Crippen molar-refractivity contribution in [2.75, 3.05) is 6.61 Å². The van der Waals surface area contributed by atoms with Crippen LogP contribution in [0.2, 0.25) is 0 Å². The quantitative estimate of drug-likeness (QED) is 0.188. The highest BCUT2D eigenvalue weighted by Crippen LogP contribution is 2.60. The smallest absolute Gasteiger partial charge is 0.504 e. The van der Waals surface area contributed by atoms with E-state index in [0.29, 0.717) is 4.57 Å². The van der Waals surface area contributed by atoms with Crippen LogP contribution in [-0.4, -0.2) is 54.5 Å². The van der Waals surface area contributed by atoms with E-state index in [1.165, 1.54) is 0 Å². The highest BCUT2D eigenvalue weighted by Gasteiger charge is 2.50. The number of aromatic nitrogens is 2. The van der Waals surface area contributed by atoms with Crippen molar-refractivity contribution in [1.82, 2.24) is 14.4 Å². The van der Waals surface area contributed by atoms with Crippen LogP contribution in [0.3, 0.4) is 0 Å². The Balaban J connectivity index is 2.21. The minimum absolute atomic E-state index is 0.649. The number of hydrogen-bond donors (Lipinski definition) is 6. The summed E-state index contributed by atoms with van der Waals surface area (Å²) >= 11 is 0. The highest BCUT2D eigenvalue weighted by atomic mass is 31.3. The molecule has 166 valence electrons. The summed E-state index contributed by atoms with van der Waals surface area (Å²) in [4.78, 5) is 88.9. The summed E-state index contributed by atoms with van der Waals surface area (Å²) in [7, 11) is -17.2. The van der Waals surface area contributed by atoms with Crippen molar-refractivity contribution in [3.05, 3.63) is 33.1 Å². The topological polar surface area (TPSA) is 285 Å². The highest BCUT2D eigenvalue weighted by molar-refractivity contribution is 7.74. The van der Waals surface area contributed by atoms with E-state index >= 15 is 0 Å². The summed E-state index contributed by atoms with van der Waals surface area (Å²) in [5.74, 6) is 0. The lowest BCUT2D eigenvalue weighted by atomic mass is 10.1. The molecule has 2 rings (SSSR count). The maximum absolute atomic E-state index is 11.9. The van der Waals surface area contributed by atoms with Crippen LogP contribution in [0, 0.1) is 0 Å². The first-order valence-electron chi connectivity index (χ1n) is 7.27. The van der Waals surface area contributed by atoms with E-state index in [9.17, 15) is 43.9 Å². The number of phosphoric acid groups is 1. The zero-order valence-electron chi connectivity index (χ0n) is 13.8.